The largest absolute Gasteiger partial charge is 0.462 e. The van der Waals surface area contributed by atoms with Crippen LogP contribution in [0.2, 0.25) is 0 Å². The molecule has 0 aliphatic carbocycles. The van der Waals surface area contributed by atoms with Gasteiger partial charge < -0.3 is 9.30 Å². The lowest BCUT2D eigenvalue weighted by atomic mass is 10.3. The molecule has 0 bridgehead atoms. The van der Waals surface area contributed by atoms with E-state index in [4.69, 9.17) is 4.74 Å². The molecule has 0 radical (unpaired) electrons. The van der Waals surface area contributed by atoms with Crippen molar-refractivity contribution in [2.45, 2.75) is 36.4 Å². The first-order valence-electron chi connectivity index (χ1n) is 5.06. The first-order chi connectivity index (χ1) is 7.70. The van der Waals surface area contributed by atoms with Crippen LogP contribution in [0.5, 0.6) is 0 Å². The molecule has 1 fully saturated rings. The summed E-state index contributed by atoms with van der Waals surface area (Å²) >= 11 is 1.40. The Labute approximate surface area is 97.9 Å². The molecule has 0 amide bonds. The number of carbonyl (C=O) groups is 1. The molecule has 2 rings (SSSR count). The predicted octanol–water partition coefficient (Wildman–Crippen LogP) is 1.26. The molecule has 1 aliphatic heterocycles. The monoisotopic (exact) mass is 239 g/mol. The summed E-state index contributed by atoms with van der Waals surface area (Å²) in [5.41, 5.74) is 0. The van der Waals surface area contributed by atoms with Gasteiger partial charge in [-0.3, -0.25) is 4.79 Å². The molecule has 5 nitrogen and oxygen atoms in total. The molecule has 16 heavy (non-hydrogen) atoms. The van der Waals surface area contributed by atoms with E-state index in [1.165, 1.54) is 11.8 Å². The van der Waals surface area contributed by atoms with Gasteiger partial charge in [-0.25, -0.2) is 0 Å². The molecule has 1 saturated heterocycles. The third-order valence-electron chi connectivity index (χ3n) is 2.28. The number of nitrogens with zero attached hydrogens (tertiary/aromatic N) is 3. The summed E-state index contributed by atoms with van der Waals surface area (Å²) < 4.78 is 6.94. The van der Waals surface area contributed by atoms with E-state index in [9.17, 15) is 4.79 Å². The average Bonchev–Trinajstić information content (AvgIpc) is 2.77. The number of rotatable bonds is 4. The van der Waals surface area contributed by atoms with Gasteiger partial charge in [0, 0.05) is 13.0 Å². The fraction of sp³-hybridized carbons (Fsp3) is 0.500. The minimum absolute atomic E-state index is 0.000718. The summed E-state index contributed by atoms with van der Waals surface area (Å²) in [7, 11) is 0. The van der Waals surface area contributed by atoms with Crippen molar-refractivity contribution in [2.75, 3.05) is 0 Å². The summed E-state index contributed by atoms with van der Waals surface area (Å²) in [5, 5.41) is 8.37. The molecule has 0 saturated carbocycles. The number of cyclic esters (lactones) is 1. The molecule has 86 valence electrons. The topological polar surface area (TPSA) is 57.0 Å². The van der Waals surface area contributed by atoms with Crippen LogP contribution in [0.3, 0.4) is 0 Å². The fourth-order valence-electron chi connectivity index (χ4n) is 1.54. The van der Waals surface area contributed by atoms with E-state index in [1.807, 2.05) is 11.5 Å². The van der Waals surface area contributed by atoms with E-state index in [0.717, 1.165) is 11.6 Å². The third kappa shape index (κ3) is 2.27. The van der Waals surface area contributed by atoms with Crippen LogP contribution < -0.4 is 0 Å². The van der Waals surface area contributed by atoms with Crippen LogP contribution in [-0.2, 0) is 16.1 Å². The first-order valence-corrected chi connectivity index (χ1v) is 5.94. The molecular formula is C10H13N3O2S. The number of hydrogen-bond acceptors (Lipinski definition) is 5. The zero-order valence-corrected chi connectivity index (χ0v) is 9.81. The van der Waals surface area contributed by atoms with Crippen molar-refractivity contribution in [1.82, 2.24) is 14.8 Å². The number of hydrogen-bond donors (Lipinski definition) is 0. The summed E-state index contributed by atoms with van der Waals surface area (Å²) in [6, 6.07) is 0. The molecule has 2 atom stereocenters. The van der Waals surface area contributed by atoms with Crippen molar-refractivity contribution in [1.29, 1.82) is 0 Å². The molecule has 0 unspecified atom stereocenters. The molecule has 0 spiro atoms. The summed E-state index contributed by atoms with van der Waals surface area (Å²) in [6.45, 7) is 6.20. The maximum atomic E-state index is 11.5. The summed E-state index contributed by atoms with van der Waals surface area (Å²) in [6.07, 6.45) is 4.13. The Kier molecular flexibility index (Phi) is 3.28. The van der Waals surface area contributed by atoms with E-state index in [-0.39, 0.29) is 17.3 Å². The minimum Gasteiger partial charge on any atom is -0.462 e. The molecular weight excluding hydrogens is 226 g/mol. The van der Waals surface area contributed by atoms with E-state index in [1.54, 1.807) is 12.4 Å². The van der Waals surface area contributed by atoms with Crippen molar-refractivity contribution in [3.8, 4) is 0 Å². The highest BCUT2D eigenvalue weighted by atomic mass is 32.2. The van der Waals surface area contributed by atoms with Gasteiger partial charge in [0.2, 0.25) is 0 Å². The van der Waals surface area contributed by atoms with E-state index in [0.29, 0.717) is 6.54 Å². The number of aromatic nitrogens is 3. The second kappa shape index (κ2) is 4.69. The number of esters is 1. The third-order valence-corrected chi connectivity index (χ3v) is 3.48. The maximum Gasteiger partial charge on any atom is 0.319 e. The quantitative estimate of drug-likeness (QED) is 0.585. The van der Waals surface area contributed by atoms with Gasteiger partial charge in [0.15, 0.2) is 5.16 Å². The van der Waals surface area contributed by atoms with Crippen molar-refractivity contribution in [2.24, 2.45) is 0 Å². The summed E-state index contributed by atoms with van der Waals surface area (Å²) in [4.78, 5) is 11.5. The van der Waals surface area contributed by atoms with Crippen molar-refractivity contribution in [3.63, 3.8) is 0 Å². The van der Waals surface area contributed by atoms with Gasteiger partial charge in [-0.2, -0.15) is 0 Å². The van der Waals surface area contributed by atoms with Gasteiger partial charge in [-0.05, 0) is 6.92 Å². The van der Waals surface area contributed by atoms with Gasteiger partial charge in [0.1, 0.15) is 17.7 Å². The minimum atomic E-state index is -0.164. The zero-order valence-electron chi connectivity index (χ0n) is 9.00. The predicted molar refractivity (Wildman–Crippen MR) is 60.0 cm³/mol. The van der Waals surface area contributed by atoms with Crippen LogP contribution in [0.15, 0.2) is 24.1 Å². The van der Waals surface area contributed by atoms with Crippen LogP contribution in [0.25, 0.3) is 0 Å². The molecule has 6 heteroatoms. The second-order valence-electron chi connectivity index (χ2n) is 3.64. The fourth-order valence-corrected chi connectivity index (χ4v) is 2.67. The van der Waals surface area contributed by atoms with Crippen LogP contribution >= 0.6 is 11.8 Å². The molecule has 0 aromatic carbocycles. The smallest absolute Gasteiger partial charge is 0.319 e. The Balaban J connectivity index is 2.06. The Morgan fingerprint density at radius 2 is 2.62 bits per heavy atom. The highest BCUT2D eigenvalue weighted by molar-refractivity contribution is 8.00. The van der Waals surface area contributed by atoms with Gasteiger partial charge in [-0.15, -0.1) is 16.8 Å². The first kappa shape index (κ1) is 11.2. The number of thioether (sulfide) groups is 1. The van der Waals surface area contributed by atoms with Crippen molar-refractivity contribution < 1.29 is 9.53 Å². The van der Waals surface area contributed by atoms with Crippen LogP contribution in [0.4, 0.5) is 0 Å². The Bertz CT molecular complexity index is 405. The van der Waals surface area contributed by atoms with Gasteiger partial charge in [0.25, 0.3) is 0 Å². The van der Waals surface area contributed by atoms with E-state index >= 15 is 0 Å². The van der Waals surface area contributed by atoms with Crippen LogP contribution in [0.1, 0.15) is 13.3 Å². The van der Waals surface area contributed by atoms with Gasteiger partial charge in [0.05, 0.1) is 0 Å². The SMILES string of the molecule is C=CCn1cnnc1S[C@H]1C[C@@H](C)OC1=O. The Morgan fingerprint density at radius 1 is 1.81 bits per heavy atom. The normalized spacial score (nSPS) is 24.4. The van der Waals surface area contributed by atoms with Crippen molar-refractivity contribution >= 4 is 17.7 Å². The average molecular weight is 239 g/mol. The zero-order chi connectivity index (χ0) is 11.5. The van der Waals surface area contributed by atoms with E-state index < -0.39 is 0 Å². The molecule has 1 aromatic rings. The lowest BCUT2D eigenvalue weighted by molar-refractivity contribution is -0.140. The van der Waals surface area contributed by atoms with Crippen LogP contribution in [0, 0.1) is 0 Å². The summed E-state index contributed by atoms with van der Waals surface area (Å²) in [5.74, 6) is -0.161. The highest BCUT2D eigenvalue weighted by Crippen LogP contribution is 2.30. The highest BCUT2D eigenvalue weighted by Gasteiger charge is 2.33. The van der Waals surface area contributed by atoms with E-state index in [2.05, 4.69) is 16.8 Å². The Hall–Kier alpha value is -1.30. The number of allylic oxidation sites excluding steroid dienone is 1. The van der Waals surface area contributed by atoms with Crippen molar-refractivity contribution in [3.05, 3.63) is 19.0 Å². The number of carbonyl (C=O) groups excluding carboxylic acids is 1. The lowest BCUT2D eigenvalue weighted by Crippen LogP contribution is -2.11. The molecule has 2 heterocycles. The maximum absolute atomic E-state index is 11.5. The van der Waals surface area contributed by atoms with Gasteiger partial charge in [-0.1, -0.05) is 17.8 Å². The van der Waals surface area contributed by atoms with Crippen LogP contribution in [-0.4, -0.2) is 32.1 Å². The standard InChI is InChI=1S/C10H13N3O2S/c1-3-4-13-6-11-12-10(13)16-8-5-7(2)15-9(8)14/h3,6-8H,1,4-5H2,2H3/t7-,8+/m1/s1. The molecule has 1 aromatic heterocycles. The number of ether oxygens (including phenoxy) is 1. The molecule has 1 aliphatic rings. The second-order valence-corrected chi connectivity index (χ2v) is 4.81. The van der Waals surface area contributed by atoms with Gasteiger partial charge >= 0.3 is 5.97 Å². The lowest BCUT2D eigenvalue weighted by Gasteiger charge is -2.05. The molecule has 0 N–H and O–H groups in total. The Morgan fingerprint density at radius 3 is 3.25 bits per heavy atom.